The van der Waals surface area contributed by atoms with E-state index in [9.17, 15) is 8.42 Å². The lowest BCUT2D eigenvalue weighted by Gasteiger charge is -2.07. The third-order valence-electron chi connectivity index (χ3n) is 2.81. The predicted octanol–water partition coefficient (Wildman–Crippen LogP) is 1.26. The number of halogens is 1. The Hall–Kier alpha value is -1.44. The molecule has 2 aromatic heterocycles. The van der Waals surface area contributed by atoms with Gasteiger partial charge in [-0.2, -0.15) is 5.10 Å². The zero-order valence-electron chi connectivity index (χ0n) is 10.5. The van der Waals surface area contributed by atoms with Crippen molar-refractivity contribution in [3.63, 3.8) is 0 Å². The molecule has 0 fully saturated rings. The van der Waals surface area contributed by atoms with E-state index in [2.05, 4.69) is 14.8 Å². The summed E-state index contributed by atoms with van der Waals surface area (Å²) in [4.78, 5) is 3.74. The Labute approximate surface area is 116 Å². The Morgan fingerprint density at radius 1 is 1.42 bits per heavy atom. The van der Waals surface area contributed by atoms with Crippen LogP contribution < -0.4 is 4.72 Å². The summed E-state index contributed by atoms with van der Waals surface area (Å²) in [6, 6.07) is 1.44. The van der Waals surface area contributed by atoms with Crippen molar-refractivity contribution in [3.8, 4) is 0 Å². The van der Waals surface area contributed by atoms with Gasteiger partial charge in [0.2, 0.25) is 10.0 Å². The highest BCUT2D eigenvalue weighted by Gasteiger charge is 2.18. The highest BCUT2D eigenvalue weighted by molar-refractivity contribution is 7.89. The zero-order valence-corrected chi connectivity index (χ0v) is 12.0. The third-order valence-corrected chi connectivity index (χ3v) is 4.68. The first-order valence-corrected chi connectivity index (χ1v) is 7.34. The number of nitrogens with zero attached hydrogens (tertiary/aromatic N) is 3. The van der Waals surface area contributed by atoms with E-state index in [-0.39, 0.29) is 16.5 Å². The molecule has 2 rings (SSSR count). The quantitative estimate of drug-likeness (QED) is 0.922. The van der Waals surface area contributed by atoms with Gasteiger partial charge in [0, 0.05) is 37.2 Å². The van der Waals surface area contributed by atoms with Crippen LogP contribution in [0.5, 0.6) is 0 Å². The smallest absolute Gasteiger partial charge is 0.243 e. The molecular formula is C11H13ClN4O2S. The molecule has 0 spiro atoms. The van der Waals surface area contributed by atoms with Crippen molar-refractivity contribution >= 4 is 21.6 Å². The molecule has 2 heterocycles. The molecule has 2 aromatic rings. The Balaban J connectivity index is 2.19. The monoisotopic (exact) mass is 300 g/mol. The second-order valence-electron chi connectivity index (χ2n) is 4.01. The number of aryl methyl sites for hydroxylation is 1. The van der Waals surface area contributed by atoms with Gasteiger partial charge in [-0.3, -0.25) is 9.67 Å². The molecule has 0 bridgehead atoms. The lowest BCUT2D eigenvalue weighted by molar-refractivity contribution is 0.580. The normalized spacial score (nSPS) is 11.7. The summed E-state index contributed by atoms with van der Waals surface area (Å²) in [5, 5.41) is 4.19. The second kappa shape index (κ2) is 5.28. The molecule has 6 nitrogen and oxygen atoms in total. The molecule has 0 saturated carbocycles. The minimum absolute atomic E-state index is 0.0294. The minimum atomic E-state index is -3.68. The van der Waals surface area contributed by atoms with E-state index in [1.54, 1.807) is 17.9 Å². The van der Waals surface area contributed by atoms with Gasteiger partial charge in [-0.1, -0.05) is 11.6 Å². The summed E-state index contributed by atoms with van der Waals surface area (Å²) in [6.07, 6.45) is 4.29. The molecule has 0 atom stereocenters. The van der Waals surface area contributed by atoms with Crippen LogP contribution in [-0.4, -0.2) is 23.2 Å². The van der Waals surface area contributed by atoms with Crippen molar-refractivity contribution in [3.05, 3.63) is 40.9 Å². The van der Waals surface area contributed by atoms with Gasteiger partial charge in [-0.25, -0.2) is 13.1 Å². The van der Waals surface area contributed by atoms with E-state index < -0.39 is 10.0 Å². The fraction of sp³-hybridized carbons (Fsp3) is 0.273. The molecule has 0 unspecified atom stereocenters. The highest BCUT2D eigenvalue weighted by Crippen LogP contribution is 2.19. The number of sulfonamides is 1. The van der Waals surface area contributed by atoms with Crippen LogP contribution in [0.3, 0.4) is 0 Å². The maximum Gasteiger partial charge on any atom is 0.243 e. The second-order valence-corrected chi connectivity index (χ2v) is 6.15. The van der Waals surface area contributed by atoms with Crippen molar-refractivity contribution < 1.29 is 8.42 Å². The third kappa shape index (κ3) is 2.94. The standard InChI is InChI=1S/C11H13ClN4O2S/c1-8-9(5-14-16(8)2)6-15-19(17,18)11-7-13-4-3-10(11)12/h3-5,7,15H,6H2,1-2H3. The van der Waals surface area contributed by atoms with E-state index in [0.717, 1.165) is 11.3 Å². The molecule has 0 aliphatic carbocycles. The van der Waals surface area contributed by atoms with Crippen molar-refractivity contribution in [2.75, 3.05) is 0 Å². The van der Waals surface area contributed by atoms with E-state index >= 15 is 0 Å². The summed E-state index contributed by atoms with van der Waals surface area (Å²) in [6.45, 7) is 2.03. The van der Waals surface area contributed by atoms with E-state index in [4.69, 9.17) is 11.6 Å². The summed E-state index contributed by atoms with van der Waals surface area (Å²) in [5.41, 5.74) is 1.71. The Morgan fingerprint density at radius 2 is 2.16 bits per heavy atom. The summed E-state index contributed by atoms with van der Waals surface area (Å²) in [7, 11) is -1.88. The first kappa shape index (κ1) is 14.0. The summed E-state index contributed by atoms with van der Waals surface area (Å²) < 4.78 is 28.3. The number of nitrogens with one attached hydrogen (secondary N) is 1. The summed E-state index contributed by atoms with van der Waals surface area (Å²) >= 11 is 5.85. The van der Waals surface area contributed by atoms with Gasteiger partial charge in [0.15, 0.2) is 0 Å². The van der Waals surface area contributed by atoms with Gasteiger partial charge >= 0.3 is 0 Å². The highest BCUT2D eigenvalue weighted by atomic mass is 35.5. The molecule has 0 radical (unpaired) electrons. The lowest BCUT2D eigenvalue weighted by atomic mass is 10.3. The molecule has 0 aliphatic heterocycles. The molecule has 8 heteroatoms. The van der Waals surface area contributed by atoms with Gasteiger partial charge in [0.05, 0.1) is 11.2 Å². The molecule has 0 amide bonds. The molecule has 0 aromatic carbocycles. The fourth-order valence-corrected chi connectivity index (χ4v) is 2.96. The molecule has 19 heavy (non-hydrogen) atoms. The lowest BCUT2D eigenvalue weighted by Crippen LogP contribution is -2.24. The van der Waals surface area contributed by atoms with Crippen LogP contribution in [0.1, 0.15) is 11.3 Å². The molecular weight excluding hydrogens is 288 g/mol. The van der Waals surface area contributed by atoms with Crippen molar-refractivity contribution in [2.45, 2.75) is 18.4 Å². The number of pyridine rings is 1. The van der Waals surface area contributed by atoms with Gasteiger partial charge < -0.3 is 0 Å². The first-order valence-electron chi connectivity index (χ1n) is 5.48. The molecule has 1 N–H and O–H groups in total. The van der Waals surface area contributed by atoms with Crippen LogP contribution in [0, 0.1) is 6.92 Å². The van der Waals surface area contributed by atoms with Crippen LogP contribution >= 0.6 is 11.6 Å². The fourth-order valence-electron chi connectivity index (χ4n) is 1.53. The Bertz CT molecular complexity index is 696. The van der Waals surface area contributed by atoms with Crippen molar-refractivity contribution in [1.82, 2.24) is 19.5 Å². The van der Waals surface area contributed by atoms with Crippen LogP contribution in [0.15, 0.2) is 29.6 Å². The van der Waals surface area contributed by atoms with Crippen molar-refractivity contribution in [1.29, 1.82) is 0 Å². The van der Waals surface area contributed by atoms with Crippen LogP contribution in [-0.2, 0) is 23.6 Å². The van der Waals surface area contributed by atoms with E-state index in [1.165, 1.54) is 18.5 Å². The van der Waals surface area contributed by atoms with Gasteiger partial charge in [0.25, 0.3) is 0 Å². The summed E-state index contributed by atoms with van der Waals surface area (Å²) in [5.74, 6) is 0. The van der Waals surface area contributed by atoms with Gasteiger partial charge in [-0.15, -0.1) is 0 Å². The SMILES string of the molecule is Cc1c(CNS(=O)(=O)c2cnccc2Cl)cnn1C. The van der Waals surface area contributed by atoms with Crippen LogP contribution in [0.4, 0.5) is 0 Å². The maximum atomic E-state index is 12.1. The number of rotatable bonds is 4. The van der Waals surface area contributed by atoms with Crippen LogP contribution in [0.2, 0.25) is 5.02 Å². The van der Waals surface area contributed by atoms with Crippen molar-refractivity contribution in [2.24, 2.45) is 7.05 Å². The average Bonchev–Trinajstić information content (AvgIpc) is 2.68. The van der Waals surface area contributed by atoms with E-state index in [1.807, 2.05) is 6.92 Å². The maximum absolute atomic E-state index is 12.1. The number of hydrogen-bond acceptors (Lipinski definition) is 4. The first-order chi connectivity index (χ1) is 8.92. The minimum Gasteiger partial charge on any atom is -0.273 e. The average molecular weight is 301 g/mol. The topological polar surface area (TPSA) is 76.9 Å². The molecule has 102 valence electrons. The van der Waals surface area contributed by atoms with E-state index in [0.29, 0.717) is 0 Å². The predicted molar refractivity (Wildman–Crippen MR) is 71.2 cm³/mol. The number of hydrogen-bond donors (Lipinski definition) is 1. The Morgan fingerprint density at radius 3 is 2.74 bits per heavy atom. The van der Waals surface area contributed by atoms with Crippen LogP contribution in [0.25, 0.3) is 0 Å². The Kier molecular flexibility index (Phi) is 3.88. The molecule has 0 aliphatic rings. The number of aromatic nitrogens is 3. The zero-order chi connectivity index (χ0) is 14.0. The largest absolute Gasteiger partial charge is 0.273 e. The molecule has 0 saturated heterocycles. The van der Waals surface area contributed by atoms with Gasteiger partial charge in [0.1, 0.15) is 4.90 Å². The van der Waals surface area contributed by atoms with Gasteiger partial charge in [-0.05, 0) is 13.0 Å².